The third-order valence-electron chi connectivity index (χ3n) is 3.84. The molecule has 27 heavy (non-hydrogen) atoms. The predicted molar refractivity (Wildman–Crippen MR) is 104 cm³/mol. The first-order valence-corrected chi connectivity index (χ1v) is 8.92. The van der Waals surface area contributed by atoms with E-state index in [2.05, 4.69) is 26.6 Å². The van der Waals surface area contributed by atoms with Crippen LogP contribution in [-0.4, -0.2) is 18.4 Å². The van der Waals surface area contributed by atoms with E-state index >= 15 is 0 Å². The molecular formula is C20H16BrFN2O3. The number of benzene rings is 2. The summed E-state index contributed by atoms with van der Waals surface area (Å²) in [5, 5.41) is 5.21. The van der Waals surface area contributed by atoms with Crippen LogP contribution in [0.1, 0.15) is 16.1 Å². The van der Waals surface area contributed by atoms with Crippen LogP contribution in [-0.2, 0) is 4.79 Å². The zero-order chi connectivity index (χ0) is 19.4. The molecule has 138 valence electrons. The highest BCUT2D eigenvalue weighted by atomic mass is 79.9. The number of carbonyl (C=O) groups excluding carboxylic acids is 2. The van der Waals surface area contributed by atoms with Gasteiger partial charge in [0.25, 0.3) is 5.91 Å². The van der Waals surface area contributed by atoms with E-state index in [1.54, 1.807) is 24.3 Å². The smallest absolute Gasteiger partial charge is 0.287 e. The first-order valence-electron chi connectivity index (χ1n) is 8.13. The van der Waals surface area contributed by atoms with Gasteiger partial charge in [0.15, 0.2) is 5.76 Å². The summed E-state index contributed by atoms with van der Waals surface area (Å²) in [6.07, 6.45) is 0. The maximum absolute atomic E-state index is 13.8. The number of anilines is 1. The average Bonchev–Trinajstić information content (AvgIpc) is 3.12. The van der Waals surface area contributed by atoms with Gasteiger partial charge in [-0.1, -0.05) is 28.1 Å². The van der Waals surface area contributed by atoms with Gasteiger partial charge in [-0.25, -0.2) is 4.39 Å². The van der Waals surface area contributed by atoms with Crippen molar-refractivity contribution in [3.63, 3.8) is 0 Å². The third-order valence-corrected chi connectivity index (χ3v) is 4.33. The molecule has 7 heteroatoms. The standard InChI is InChI=1S/C20H16BrFN2O3/c1-12-10-13(21)6-7-16(12)24-19(25)11-23-20(26)18-9-8-17(27-18)14-4-2-3-5-15(14)22/h2-10H,11H2,1H3,(H,23,26)(H,24,25). The minimum atomic E-state index is -0.555. The Morgan fingerprint density at radius 3 is 2.63 bits per heavy atom. The van der Waals surface area contributed by atoms with Gasteiger partial charge in [0.2, 0.25) is 5.91 Å². The Hall–Kier alpha value is -2.93. The highest BCUT2D eigenvalue weighted by molar-refractivity contribution is 9.10. The van der Waals surface area contributed by atoms with Crippen molar-refractivity contribution in [2.75, 3.05) is 11.9 Å². The summed E-state index contributed by atoms with van der Waals surface area (Å²) in [7, 11) is 0. The molecule has 0 fully saturated rings. The molecule has 5 nitrogen and oxygen atoms in total. The molecule has 0 bridgehead atoms. The van der Waals surface area contributed by atoms with E-state index in [1.165, 1.54) is 18.2 Å². The van der Waals surface area contributed by atoms with Crippen LogP contribution in [0.5, 0.6) is 0 Å². The van der Waals surface area contributed by atoms with Crippen molar-refractivity contribution >= 4 is 33.4 Å². The molecule has 0 saturated heterocycles. The Kier molecular flexibility index (Phi) is 5.71. The second kappa shape index (κ2) is 8.18. The Morgan fingerprint density at radius 2 is 1.89 bits per heavy atom. The van der Waals surface area contributed by atoms with Crippen LogP contribution in [0.4, 0.5) is 10.1 Å². The largest absolute Gasteiger partial charge is 0.451 e. The van der Waals surface area contributed by atoms with Gasteiger partial charge in [-0.3, -0.25) is 9.59 Å². The number of hydrogen-bond donors (Lipinski definition) is 2. The summed E-state index contributed by atoms with van der Waals surface area (Å²) >= 11 is 3.36. The molecule has 2 amide bonds. The molecule has 3 rings (SSSR count). The maximum Gasteiger partial charge on any atom is 0.287 e. The molecule has 1 aromatic heterocycles. The molecule has 2 aromatic carbocycles. The summed E-state index contributed by atoms with van der Waals surface area (Å²) < 4.78 is 20.1. The molecule has 3 aromatic rings. The van der Waals surface area contributed by atoms with Crippen molar-refractivity contribution in [2.45, 2.75) is 6.92 Å². The van der Waals surface area contributed by atoms with Crippen molar-refractivity contribution in [3.8, 4) is 11.3 Å². The van der Waals surface area contributed by atoms with Crippen molar-refractivity contribution in [2.24, 2.45) is 0 Å². The average molecular weight is 431 g/mol. The fraction of sp³-hybridized carbons (Fsp3) is 0.100. The number of furan rings is 1. The fourth-order valence-electron chi connectivity index (χ4n) is 2.48. The van der Waals surface area contributed by atoms with Gasteiger partial charge in [-0.05, 0) is 55.0 Å². The Bertz CT molecular complexity index is 1000. The molecule has 0 aliphatic carbocycles. The lowest BCUT2D eigenvalue weighted by Gasteiger charge is -2.09. The molecule has 1 heterocycles. The first-order chi connectivity index (χ1) is 12.9. The van der Waals surface area contributed by atoms with Crippen LogP contribution in [0.2, 0.25) is 0 Å². The quantitative estimate of drug-likeness (QED) is 0.624. The minimum absolute atomic E-state index is 0.000810. The van der Waals surface area contributed by atoms with E-state index in [1.807, 2.05) is 19.1 Å². The molecule has 0 aliphatic heterocycles. The minimum Gasteiger partial charge on any atom is -0.451 e. The van der Waals surface area contributed by atoms with E-state index in [0.29, 0.717) is 5.69 Å². The van der Waals surface area contributed by atoms with Crippen molar-refractivity contribution in [3.05, 3.63) is 76.2 Å². The van der Waals surface area contributed by atoms with Gasteiger partial charge in [0.1, 0.15) is 11.6 Å². The second-order valence-corrected chi connectivity index (χ2v) is 6.75. The number of amides is 2. The van der Waals surface area contributed by atoms with Gasteiger partial charge in [0, 0.05) is 10.2 Å². The van der Waals surface area contributed by atoms with Crippen LogP contribution in [0.15, 0.2) is 63.5 Å². The Balaban J connectivity index is 1.59. The zero-order valence-corrected chi connectivity index (χ0v) is 16.0. The lowest BCUT2D eigenvalue weighted by molar-refractivity contribution is -0.115. The zero-order valence-electron chi connectivity index (χ0n) is 14.4. The van der Waals surface area contributed by atoms with Gasteiger partial charge in [-0.2, -0.15) is 0 Å². The summed E-state index contributed by atoms with van der Waals surface area (Å²) in [6.45, 7) is 1.65. The van der Waals surface area contributed by atoms with E-state index in [4.69, 9.17) is 4.42 Å². The lowest BCUT2D eigenvalue weighted by Crippen LogP contribution is -2.32. The summed E-state index contributed by atoms with van der Waals surface area (Å²) in [5.74, 6) is -1.12. The summed E-state index contributed by atoms with van der Waals surface area (Å²) in [6, 6.07) is 14.5. The van der Waals surface area contributed by atoms with Gasteiger partial charge in [-0.15, -0.1) is 0 Å². The highest BCUT2D eigenvalue weighted by Crippen LogP contribution is 2.24. The van der Waals surface area contributed by atoms with E-state index < -0.39 is 11.7 Å². The molecule has 0 aliphatic rings. The highest BCUT2D eigenvalue weighted by Gasteiger charge is 2.15. The Labute approximate surface area is 163 Å². The number of nitrogens with one attached hydrogen (secondary N) is 2. The maximum atomic E-state index is 13.8. The van der Waals surface area contributed by atoms with Gasteiger partial charge in [0.05, 0.1) is 12.1 Å². The number of carbonyl (C=O) groups is 2. The van der Waals surface area contributed by atoms with E-state index in [-0.39, 0.29) is 29.5 Å². The van der Waals surface area contributed by atoms with Crippen molar-refractivity contribution in [1.82, 2.24) is 5.32 Å². The van der Waals surface area contributed by atoms with Crippen molar-refractivity contribution < 1.29 is 18.4 Å². The Morgan fingerprint density at radius 1 is 1.11 bits per heavy atom. The monoisotopic (exact) mass is 430 g/mol. The number of hydrogen-bond acceptors (Lipinski definition) is 3. The molecule has 0 atom stereocenters. The topological polar surface area (TPSA) is 71.3 Å². The van der Waals surface area contributed by atoms with Crippen LogP contribution in [0.25, 0.3) is 11.3 Å². The number of rotatable bonds is 5. The molecule has 2 N–H and O–H groups in total. The second-order valence-electron chi connectivity index (χ2n) is 5.83. The lowest BCUT2D eigenvalue weighted by atomic mass is 10.1. The number of halogens is 2. The van der Waals surface area contributed by atoms with E-state index in [9.17, 15) is 14.0 Å². The van der Waals surface area contributed by atoms with Crippen LogP contribution < -0.4 is 10.6 Å². The van der Waals surface area contributed by atoms with Crippen LogP contribution in [0, 0.1) is 12.7 Å². The first kappa shape index (κ1) is 18.8. The van der Waals surface area contributed by atoms with E-state index in [0.717, 1.165) is 10.0 Å². The molecule has 0 radical (unpaired) electrons. The van der Waals surface area contributed by atoms with Crippen LogP contribution in [0.3, 0.4) is 0 Å². The van der Waals surface area contributed by atoms with Gasteiger partial charge >= 0.3 is 0 Å². The molecule has 0 unspecified atom stereocenters. The summed E-state index contributed by atoms with van der Waals surface area (Å²) in [4.78, 5) is 24.2. The fourth-order valence-corrected chi connectivity index (χ4v) is 2.95. The normalized spacial score (nSPS) is 10.5. The van der Waals surface area contributed by atoms with Crippen molar-refractivity contribution in [1.29, 1.82) is 0 Å². The molecular weight excluding hydrogens is 415 g/mol. The predicted octanol–water partition coefficient (Wildman–Crippen LogP) is 4.53. The van der Waals surface area contributed by atoms with Crippen LogP contribution >= 0.6 is 15.9 Å². The molecule has 0 saturated carbocycles. The number of aryl methyl sites for hydroxylation is 1. The molecule has 0 spiro atoms. The van der Waals surface area contributed by atoms with Gasteiger partial charge < -0.3 is 15.1 Å². The SMILES string of the molecule is Cc1cc(Br)ccc1NC(=O)CNC(=O)c1ccc(-c2ccccc2F)o1. The third kappa shape index (κ3) is 4.62. The summed E-state index contributed by atoms with van der Waals surface area (Å²) in [5.41, 5.74) is 1.82.